The van der Waals surface area contributed by atoms with Gasteiger partial charge in [-0.15, -0.1) is 0 Å². The number of rotatable bonds is 1. The highest BCUT2D eigenvalue weighted by Gasteiger charge is 2.45. The summed E-state index contributed by atoms with van der Waals surface area (Å²) in [4.78, 5) is 16.2. The topological polar surface area (TPSA) is 23.6 Å². The molecule has 0 saturated carbocycles. The van der Waals surface area contributed by atoms with Crippen molar-refractivity contribution in [3.05, 3.63) is 29.3 Å². The maximum Gasteiger partial charge on any atom is 0.256 e. The summed E-state index contributed by atoms with van der Waals surface area (Å²) in [5, 5.41) is 0.675. The Morgan fingerprint density at radius 2 is 2.11 bits per heavy atom. The summed E-state index contributed by atoms with van der Waals surface area (Å²) in [5.74, 6) is 0.143. The van der Waals surface area contributed by atoms with Crippen LogP contribution < -0.4 is 4.90 Å². The van der Waals surface area contributed by atoms with E-state index in [0.29, 0.717) is 5.11 Å². The Hall–Kier alpha value is -1.42. The first-order chi connectivity index (χ1) is 8.59. The fraction of sp³-hybridized carbons (Fsp3) is 0.429. The molecule has 0 N–H and O–H groups in total. The molecule has 0 bridgehead atoms. The van der Waals surface area contributed by atoms with Gasteiger partial charge in [-0.25, -0.2) is 0 Å². The molecule has 0 spiro atoms. The third-order valence-electron chi connectivity index (χ3n) is 3.79. The average Bonchev–Trinajstić information content (AvgIpc) is 2.87. The van der Waals surface area contributed by atoms with E-state index in [2.05, 4.69) is 17.9 Å². The zero-order valence-electron chi connectivity index (χ0n) is 10.6. The highest BCUT2D eigenvalue weighted by molar-refractivity contribution is 7.80. The van der Waals surface area contributed by atoms with Crippen molar-refractivity contribution in [3.8, 4) is 0 Å². The molecule has 0 aliphatic carbocycles. The van der Waals surface area contributed by atoms with Gasteiger partial charge in [0.1, 0.15) is 6.04 Å². The van der Waals surface area contributed by atoms with Crippen molar-refractivity contribution in [1.29, 1.82) is 0 Å². The van der Waals surface area contributed by atoms with Crippen molar-refractivity contribution in [2.24, 2.45) is 0 Å². The zero-order valence-corrected chi connectivity index (χ0v) is 11.5. The van der Waals surface area contributed by atoms with E-state index in [1.54, 1.807) is 4.90 Å². The molecule has 2 saturated heterocycles. The van der Waals surface area contributed by atoms with Crippen LogP contribution in [0.5, 0.6) is 0 Å². The minimum Gasteiger partial charge on any atom is -0.336 e. The number of aryl methyl sites for hydroxylation is 2. The number of thiocarbonyl (C=S) groups is 1. The lowest BCUT2D eigenvalue weighted by Gasteiger charge is -2.20. The predicted molar refractivity (Wildman–Crippen MR) is 75.7 cm³/mol. The molecule has 94 valence electrons. The third kappa shape index (κ3) is 1.56. The standard InChI is InChI=1S/C14H16N2OS/c1-9-5-6-11(10(2)8-9)16-13(17)12-4-3-7-15(12)14(16)18/h5-6,8,12H,3-4,7H2,1-2H3/t12-/m1/s1. The van der Waals surface area contributed by atoms with Crippen LogP contribution in [0.25, 0.3) is 0 Å². The van der Waals surface area contributed by atoms with Crippen LogP contribution in [-0.2, 0) is 4.79 Å². The van der Waals surface area contributed by atoms with Gasteiger partial charge < -0.3 is 4.90 Å². The van der Waals surface area contributed by atoms with Gasteiger partial charge in [0.05, 0.1) is 5.69 Å². The van der Waals surface area contributed by atoms with Crippen molar-refractivity contribution >= 4 is 28.9 Å². The first kappa shape index (κ1) is 11.7. The van der Waals surface area contributed by atoms with Gasteiger partial charge in [0, 0.05) is 6.54 Å². The molecule has 0 aromatic heterocycles. The lowest BCUT2D eigenvalue weighted by Crippen LogP contribution is -2.33. The molecule has 0 unspecified atom stereocenters. The molecule has 2 aliphatic heterocycles. The summed E-state index contributed by atoms with van der Waals surface area (Å²) in [6.45, 7) is 5.00. The number of nitrogens with zero attached hydrogens (tertiary/aromatic N) is 2. The number of fused-ring (bicyclic) bond motifs is 1. The van der Waals surface area contributed by atoms with Crippen molar-refractivity contribution in [3.63, 3.8) is 0 Å². The maximum absolute atomic E-state index is 12.4. The Labute approximate surface area is 112 Å². The molecule has 1 aromatic carbocycles. The minimum atomic E-state index is -0.0156. The molecular formula is C14H16N2OS. The van der Waals surface area contributed by atoms with Crippen LogP contribution in [0.4, 0.5) is 5.69 Å². The average molecular weight is 260 g/mol. The molecule has 2 aliphatic rings. The van der Waals surface area contributed by atoms with Gasteiger partial charge >= 0.3 is 0 Å². The van der Waals surface area contributed by atoms with Crippen LogP contribution in [0, 0.1) is 13.8 Å². The molecular weight excluding hydrogens is 244 g/mol. The second-order valence-corrected chi connectivity index (χ2v) is 5.46. The lowest BCUT2D eigenvalue weighted by atomic mass is 10.1. The van der Waals surface area contributed by atoms with Crippen molar-refractivity contribution in [2.75, 3.05) is 11.4 Å². The Morgan fingerprint density at radius 3 is 2.78 bits per heavy atom. The van der Waals surface area contributed by atoms with Gasteiger partial charge in [-0.05, 0) is 50.5 Å². The van der Waals surface area contributed by atoms with E-state index in [1.165, 1.54) is 5.56 Å². The molecule has 18 heavy (non-hydrogen) atoms. The SMILES string of the molecule is Cc1ccc(N2C(=O)[C@H]3CCCN3C2=S)c(C)c1. The number of hydrogen-bond donors (Lipinski definition) is 0. The Kier molecular flexibility index (Phi) is 2.63. The summed E-state index contributed by atoms with van der Waals surface area (Å²) >= 11 is 5.46. The number of hydrogen-bond acceptors (Lipinski definition) is 2. The van der Waals surface area contributed by atoms with Crippen molar-refractivity contribution in [2.45, 2.75) is 32.7 Å². The highest BCUT2D eigenvalue weighted by Crippen LogP contribution is 2.33. The van der Waals surface area contributed by atoms with Crippen LogP contribution in [0.15, 0.2) is 18.2 Å². The summed E-state index contributed by atoms with van der Waals surface area (Å²) < 4.78 is 0. The van der Waals surface area contributed by atoms with E-state index in [-0.39, 0.29) is 11.9 Å². The molecule has 0 radical (unpaired) electrons. The fourth-order valence-corrected chi connectivity index (χ4v) is 3.31. The maximum atomic E-state index is 12.4. The van der Waals surface area contributed by atoms with E-state index < -0.39 is 0 Å². The first-order valence-electron chi connectivity index (χ1n) is 6.31. The van der Waals surface area contributed by atoms with Crippen molar-refractivity contribution in [1.82, 2.24) is 4.90 Å². The van der Waals surface area contributed by atoms with Gasteiger partial charge in [-0.1, -0.05) is 17.7 Å². The van der Waals surface area contributed by atoms with Gasteiger partial charge in [0.15, 0.2) is 5.11 Å². The molecule has 2 heterocycles. The molecule has 1 aromatic rings. The molecule has 3 rings (SSSR count). The predicted octanol–water partition coefficient (Wildman–Crippen LogP) is 2.40. The van der Waals surface area contributed by atoms with E-state index in [4.69, 9.17) is 12.2 Å². The van der Waals surface area contributed by atoms with E-state index in [1.807, 2.05) is 19.1 Å². The van der Waals surface area contributed by atoms with Gasteiger partial charge in [-0.3, -0.25) is 9.69 Å². The molecule has 1 atom stereocenters. The van der Waals surface area contributed by atoms with Crippen LogP contribution in [-0.4, -0.2) is 28.5 Å². The van der Waals surface area contributed by atoms with Crippen molar-refractivity contribution < 1.29 is 4.79 Å². The molecule has 3 nitrogen and oxygen atoms in total. The van der Waals surface area contributed by atoms with Crippen LogP contribution in [0.1, 0.15) is 24.0 Å². The fourth-order valence-electron chi connectivity index (χ4n) is 2.90. The normalized spacial score (nSPS) is 22.9. The molecule has 1 amide bonds. The van der Waals surface area contributed by atoms with Gasteiger partial charge in [-0.2, -0.15) is 0 Å². The zero-order chi connectivity index (χ0) is 12.9. The minimum absolute atomic E-state index is 0.0156. The number of carbonyl (C=O) groups excluding carboxylic acids is 1. The van der Waals surface area contributed by atoms with Crippen LogP contribution in [0.3, 0.4) is 0 Å². The van der Waals surface area contributed by atoms with Crippen LogP contribution in [0.2, 0.25) is 0 Å². The second kappa shape index (κ2) is 4.05. The number of carbonyl (C=O) groups is 1. The van der Waals surface area contributed by atoms with E-state index in [0.717, 1.165) is 30.6 Å². The summed E-state index contributed by atoms with van der Waals surface area (Å²) in [6, 6.07) is 6.10. The quantitative estimate of drug-likeness (QED) is 0.724. The lowest BCUT2D eigenvalue weighted by molar-refractivity contribution is -0.119. The monoisotopic (exact) mass is 260 g/mol. The largest absolute Gasteiger partial charge is 0.336 e. The Balaban J connectivity index is 2.02. The van der Waals surface area contributed by atoms with Crippen LogP contribution >= 0.6 is 12.2 Å². The second-order valence-electron chi connectivity index (χ2n) is 5.10. The summed E-state index contributed by atoms with van der Waals surface area (Å²) in [6.07, 6.45) is 2.00. The van der Waals surface area contributed by atoms with Gasteiger partial charge in [0.25, 0.3) is 5.91 Å². The Bertz CT molecular complexity index is 519. The smallest absolute Gasteiger partial charge is 0.256 e. The number of benzene rings is 1. The Morgan fingerprint density at radius 1 is 1.33 bits per heavy atom. The van der Waals surface area contributed by atoms with E-state index in [9.17, 15) is 4.79 Å². The molecule has 4 heteroatoms. The van der Waals surface area contributed by atoms with Gasteiger partial charge in [0.2, 0.25) is 0 Å². The van der Waals surface area contributed by atoms with E-state index >= 15 is 0 Å². The number of anilines is 1. The summed E-state index contributed by atoms with van der Waals surface area (Å²) in [7, 11) is 0. The molecule has 2 fully saturated rings. The number of amides is 1. The third-order valence-corrected chi connectivity index (χ3v) is 4.21. The first-order valence-corrected chi connectivity index (χ1v) is 6.72. The summed E-state index contributed by atoms with van der Waals surface area (Å²) in [5.41, 5.74) is 3.24. The highest BCUT2D eigenvalue weighted by atomic mass is 32.1.